The summed E-state index contributed by atoms with van der Waals surface area (Å²) >= 11 is 12.2. The summed E-state index contributed by atoms with van der Waals surface area (Å²) in [6, 6.07) is 3.90. The minimum absolute atomic E-state index is 0.118. The van der Waals surface area contributed by atoms with E-state index in [1.165, 1.54) is 12.0 Å². The van der Waals surface area contributed by atoms with Gasteiger partial charge in [-0.25, -0.2) is 9.59 Å². The molecule has 1 aromatic rings. The summed E-state index contributed by atoms with van der Waals surface area (Å²) in [5.41, 5.74) is 1.44. The lowest BCUT2D eigenvalue weighted by Crippen LogP contribution is -2.48. The highest BCUT2D eigenvalue weighted by Gasteiger charge is 2.36. The number of benzene rings is 1. The second kappa shape index (κ2) is 8.56. The molecular weight excluding hydrogens is 367 g/mol. The Labute approximate surface area is 156 Å². The van der Waals surface area contributed by atoms with Crippen LogP contribution in [-0.4, -0.2) is 43.8 Å². The van der Waals surface area contributed by atoms with Gasteiger partial charge < -0.3 is 14.8 Å². The van der Waals surface area contributed by atoms with Crippen LogP contribution in [0, 0.1) is 0 Å². The van der Waals surface area contributed by atoms with Crippen LogP contribution in [0.5, 0.6) is 0 Å². The van der Waals surface area contributed by atoms with Gasteiger partial charge in [0, 0.05) is 29.4 Å². The van der Waals surface area contributed by atoms with E-state index in [0.717, 1.165) is 0 Å². The number of nitrogens with one attached hydrogen (secondary N) is 1. The number of amides is 2. The molecule has 0 radical (unpaired) electrons. The summed E-state index contributed by atoms with van der Waals surface area (Å²) in [6.45, 7) is 4.37. The van der Waals surface area contributed by atoms with Crippen LogP contribution < -0.4 is 5.32 Å². The molecule has 1 aromatic carbocycles. The van der Waals surface area contributed by atoms with E-state index in [9.17, 15) is 9.59 Å². The Bertz CT molecular complexity index is 706. The van der Waals surface area contributed by atoms with E-state index in [0.29, 0.717) is 33.4 Å². The molecule has 0 aromatic heterocycles. The van der Waals surface area contributed by atoms with Crippen LogP contribution in [0.4, 0.5) is 4.79 Å². The first-order chi connectivity index (χ1) is 11.9. The van der Waals surface area contributed by atoms with Gasteiger partial charge in [-0.05, 0) is 31.5 Å². The van der Waals surface area contributed by atoms with Crippen molar-refractivity contribution in [3.05, 3.63) is 45.1 Å². The summed E-state index contributed by atoms with van der Waals surface area (Å²) in [7, 11) is 1.52. The third kappa shape index (κ3) is 4.26. The van der Waals surface area contributed by atoms with E-state index in [4.69, 9.17) is 32.7 Å². The molecule has 0 saturated heterocycles. The molecule has 2 amide bonds. The van der Waals surface area contributed by atoms with Gasteiger partial charge in [0.05, 0.1) is 18.2 Å². The third-order valence-corrected chi connectivity index (χ3v) is 4.49. The topological polar surface area (TPSA) is 67.9 Å². The highest BCUT2D eigenvalue weighted by atomic mass is 35.5. The SMILES string of the molecule is CCN1C(=O)N[C@H](c2ccc(Cl)cc2Cl)C(C(=O)OCCOC)=C1C. The summed E-state index contributed by atoms with van der Waals surface area (Å²) in [5, 5.41) is 3.64. The van der Waals surface area contributed by atoms with Gasteiger partial charge in [-0.1, -0.05) is 29.3 Å². The first-order valence-corrected chi connectivity index (χ1v) is 8.56. The molecule has 0 unspecified atom stereocenters. The molecule has 1 atom stereocenters. The third-order valence-electron chi connectivity index (χ3n) is 3.93. The van der Waals surface area contributed by atoms with Crippen molar-refractivity contribution in [3.8, 4) is 0 Å². The summed E-state index contributed by atoms with van der Waals surface area (Å²) < 4.78 is 10.2. The Morgan fingerprint density at radius 2 is 2.04 bits per heavy atom. The average molecular weight is 387 g/mol. The normalized spacial score (nSPS) is 17.6. The number of carbonyl (C=O) groups excluding carboxylic acids is 2. The number of hydrogen-bond donors (Lipinski definition) is 1. The molecule has 0 bridgehead atoms. The van der Waals surface area contributed by atoms with E-state index >= 15 is 0 Å². The smallest absolute Gasteiger partial charge is 0.338 e. The standard InChI is InChI=1S/C17H20Cl2N2O4/c1-4-21-10(2)14(16(22)25-8-7-24-3)15(20-17(21)23)12-6-5-11(18)9-13(12)19/h5-6,9,15H,4,7-8H2,1-3H3,(H,20,23)/t15-/m1/s1. The lowest BCUT2D eigenvalue weighted by molar-refractivity contribution is -0.140. The van der Waals surface area contributed by atoms with Crippen LogP contribution in [0.25, 0.3) is 0 Å². The molecule has 0 spiro atoms. The van der Waals surface area contributed by atoms with E-state index in [-0.39, 0.29) is 19.2 Å². The maximum atomic E-state index is 12.6. The lowest BCUT2D eigenvalue weighted by Gasteiger charge is -2.35. The van der Waals surface area contributed by atoms with Crippen molar-refractivity contribution in [1.82, 2.24) is 10.2 Å². The fraction of sp³-hybridized carbons (Fsp3) is 0.412. The number of urea groups is 1. The molecule has 6 nitrogen and oxygen atoms in total. The Kier molecular flexibility index (Phi) is 6.70. The van der Waals surface area contributed by atoms with Gasteiger partial charge in [0.2, 0.25) is 0 Å². The first kappa shape index (κ1) is 19.6. The maximum Gasteiger partial charge on any atom is 0.338 e. The van der Waals surface area contributed by atoms with Gasteiger partial charge in [0.15, 0.2) is 0 Å². The summed E-state index contributed by atoms with van der Waals surface area (Å²) in [6.07, 6.45) is 0. The monoisotopic (exact) mass is 386 g/mol. The van der Waals surface area contributed by atoms with Crippen LogP contribution in [0.2, 0.25) is 10.0 Å². The molecule has 136 valence electrons. The van der Waals surface area contributed by atoms with E-state index in [1.807, 2.05) is 6.92 Å². The Morgan fingerprint density at radius 3 is 2.64 bits per heavy atom. The number of nitrogens with zero attached hydrogens (tertiary/aromatic N) is 1. The zero-order valence-electron chi connectivity index (χ0n) is 14.3. The largest absolute Gasteiger partial charge is 0.460 e. The summed E-state index contributed by atoms with van der Waals surface area (Å²) in [5.74, 6) is -0.524. The van der Waals surface area contributed by atoms with Crippen LogP contribution in [0.1, 0.15) is 25.5 Å². The van der Waals surface area contributed by atoms with Gasteiger partial charge in [0.1, 0.15) is 6.61 Å². The minimum Gasteiger partial charge on any atom is -0.460 e. The predicted octanol–water partition coefficient (Wildman–Crippen LogP) is 3.54. The molecule has 1 aliphatic heterocycles. The number of ether oxygens (including phenoxy) is 2. The number of halogens is 2. The molecule has 1 N–H and O–H groups in total. The van der Waals surface area contributed by atoms with Crippen LogP contribution in [0.3, 0.4) is 0 Å². The number of hydrogen-bond acceptors (Lipinski definition) is 4. The van der Waals surface area contributed by atoms with Crippen molar-refractivity contribution in [2.45, 2.75) is 19.9 Å². The first-order valence-electron chi connectivity index (χ1n) is 7.80. The molecule has 1 aliphatic rings. The number of esters is 1. The number of rotatable bonds is 6. The molecular formula is C17H20Cl2N2O4. The molecule has 2 rings (SSSR count). The van der Waals surface area contributed by atoms with Gasteiger partial charge in [-0.15, -0.1) is 0 Å². The van der Waals surface area contributed by atoms with Crippen molar-refractivity contribution in [3.63, 3.8) is 0 Å². The Balaban J connectivity index is 2.46. The van der Waals surface area contributed by atoms with Crippen LogP contribution >= 0.6 is 23.2 Å². The molecule has 25 heavy (non-hydrogen) atoms. The molecule has 1 heterocycles. The van der Waals surface area contributed by atoms with Crippen molar-refractivity contribution in [2.75, 3.05) is 26.9 Å². The number of allylic oxidation sites excluding steroid dienone is 1. The quantitative estimate of drug-likeness (QED) is 0.599. The van der Waals surface area contributed by atoms with Crippen LogP contribution in [-0.2, 0) is 14.3 Å². The van der Waals surface area contributed by atoms with Gasteiger partial charge in [0.25, 0.3) is 0 Å². The molecule has 0 saturated carbocycles. The van der Waals surface area contributed by atoms with E-state index in [2.05, 4.69) is 5.32 Å². The highest BCUT2D eigenvalue weighted by molar-refractivity contribution is 6.35. The van der Waals surface area contributed by atoms with Gasteiger partial charge in [-0.2, -0.15) is 0 Å². The Morgan fingerprint density at radius 1 is 1.32 bits per heavy atom. The summed E-state index contributed by atoms with van der Waals surface area (Å²) in [4.78, 5) is 26.5. The van der Waals surface area contributed by atoms with Gasteiger partial charge >= 0.3 is 12.0 Å². The number of methoxy groups -OCH3 is 1. The fourth-order valence-electron chi connectivity index (χ4n) is 2.69. The van der Waals surface area contributed by atoms with Crippen LogP contribution in [0.15, 0.2) is 29.5 Å². The van der Waals surface area contributed by atoms with Crippen molar-refractivity contribution < 1.29 is 19.1 Å². The molecule has 8 heteroatoms. The predicted molar refractivity (Wildman–Crippen MR) is 95.6 cm³/mol. The molecule has 0 aliphatic carbocycles. The lowest BCUT2D eigenvalue weighted by atomic mass is 9.95. The number of carbonyl (C=O) groups is 2. The maximum absolute atomic E-state index is 12.6. The van der Waals surface area contributed by atoms with E-state index in [1.54, 1.807) is 25.1 Å². The average Bonchev–Trinajstić information content (AvgIpc) is 2.55. The van der Waals surface area contributed by atoms with E-state index < -0.39 is 12.0 Å². The minimum atomic E-state index is -0.713. The Hall–Kier alpha value is -1.76. The van der Waals surface area contributed by atoms with Gasteiger partial charge in [-0.3, -0.25) is 4.90 Å². The van der Waals surface area contributed by atoms with Crippen molar-refractivity contribution in [1.29, 1.82) is 0 Å². The second-order valence-corrected chi connectivity index (χ2v) is 6.26. The zero-order chi connectivity index (χ0) is 18.6. The van der Waals surface area contributed by atoms with Crippen molar-refractivity contribution >= 4 is 35.2 Å². The zero-order valence-corrected chi connectivity index (χ0v) is 15.8. The highest BCUT2D eigenvalue weighted by Crippen LogP contribution is 2.35. The molecule has 0 fully saturated rings. The van der Waals surface area contributed by atoms with Crippen molar-refractivity contribution in [2.24, 2.45) is 0 Å². The fourth-order valence-corrected chi connectivity index (χ4v) is 3.21. The second-order valence-electron chi connectivity index (χ2n) is 5.42.